The van der Waals surface area contributed by atoms with Crippen LogP contribution in [0.3, 0.4) is 0 Å². The van der Waals surface area contributed by atoms with Gasteiger partial charge in [0, 0.05) is 31.8 Å². The van der Waals surface area contributed by atoms with Crippen LogP contribution >= 0.6 is 0 Å². The molecule has 3 fully saturated rings. The molecule has 8 heteroatoms. The number of rotatable bonds is 2. The van der Waals surface area contributed by atoms with Crippen LogP contribution in [0.25, 0.3) is 0 Å². The van der Waals surface area contributed by atoms with Crippen molar-refractivity contribution in [2.75, 3.05) is 13.2 Å². The lowest BCUT2D eigenvalue weighted by molar-refractivity contribution is -0.337. The Morgan fingerprint density at radius 1 is 1.18 bits per heavy atom. The van der Waals surface area contributed by atoms with Crippen LogP contribution in [0.2, 0.25) is 0 Å². The summed E-state index contributed by atoms with van der Waals surface area (Å²) in [5, 5.41) is 32.8. The Hall–Kier alpha value is -1.81. The molecule has 0 amide bonds. The van der Waals surface area contributed by atoms with E-state index in [-0.39, 0.29) is 37.3 Å². The van der Waals surface area contributed by atoms with Crippen molar-refractivity contribution in [3.05, 3.63) is 47.1 Å². The molecule has 4 heterocycles. The first-order valence-electron chi connectivity index (χ1n) is 15.0. The normalized spacial score (nSPS) is 44.4. The van der Waals surface area contributed by atoms with E-state index in [4.69, 9.17) is 18.9 Å². The van der Waals surface area contributed by atoms with Gasteiger partial charge in [0.2, 0.25) is 0 Å². The van der Waals surface area contributed by atoms with Crippen molar-refractivity contribution in [1.82, 2.24) is 0 Å². The van der Waals surface area contributed by atoms with Crippen LogP contribution in [-0.2, 0) is 23.7 Å². The predicted octanol–water partition coefficient (Wildman–Crippen LogP) is 3.90. The van der Waals surface area contributed by atoms with E-state index in [0.29, 0.717) is 36.8 Å². The van der Waals surface area contributed by atoms with Crippen molar-refractivity contribution in [3.8, 4) is 0 Å². The van der Waals surface area contributed by atoms with E-state index in [1.807, 2.05) is 19.1 Å². The van der Waals surface area contributed by atoms with Crippen LogP contribution in [-0.4, -0.2) is 76.4 Å². The summed E-state index contributed by atoms with van der Waals surface area (Å²) in [6.45, 7) is 8.27. The highest BCUT2D eigenvalue weighted by molar-refractivity contribution is 5.78. The summed E-state index contributed by atoms with van der Waals surface area (Å²) in [5.74, 6) is -2.12. The highest BCUT2D eigenvalue weighted by atomic mass is 16.7. The molecule has 0 aromatic rings. The van der Waals surface area contributed by atoms with Gasteiger partial charge in [-0.15, -0.1) is 0 Å². The van der Waals surface area contributed by atoms with Crippen molar-refractivity contribution in [2.24, 2.45) is 17.8 Å². The molecule has 5 rings (SSSR count). The summed E-state index contributed by atoms with van der Waals surface area (Å²) in [7, 11) is 0. The van der Waals surface area contributed by atoms with Gasteiger partial charge in [-0.05, 0) is 56.6 Å². The lowest BCUT2D eigenvalue weighted by Gasteiger charge is -2.50. The first-order chi connectivity index (χ1) is 19.1. The first-order valence-corrected chi connectivity index (χ1v) is 15.0. The topological polar surface area (TPSA) is 115 Å². The summed E-state index contributed by atoms with van der Waals surface area (Å²) in [5.41, 5.74) is 0.684. The van der Waals surface area contributed by atoms with E-state index < -0.39 is 41.6 Å². The quantitative estimate of drug-likeness (QED) is 0.346. The van der Waals surface area contributed by atoms with Gasteiger partial charge in [-0.3, -0.25) is 4.79 Å². The van der Waals surface area contributed by atoms with Gasteiger partial charge in [0.15, 0.2) is 5.79 Å². The highest BCUT2D eigenvalue weighted by Crippen LogP contribution is 2.47. The van der Waals surface area contributed by atoms with Gasteiger partial charge >= 0.3 is 5.97 Å². The summed E-state index contributed by atoms with van der Waals surface area (Å²) in [6, 6.07) is 0. The van der Waals surface area contributed by atoms with Gasteiger partial charge in [-0.25, -0.2) is 0 Å². The van der Waals surface area contributed by atoms with Crippen molar-refractivity contribution in [1.29, 1.82) is 0 Å². The molecule has 222 valence electrons. The lowest BCUT2D eigenvalue weighted by Crippen LogP contribution is -2.58. The number of ether oxygens (including phenoxy) is 4. The van der Waals surface area contributed by atoms with Crippen molar-refractivity contribution < 1.29 is 39.1 Å². The van der Waals surface area contributed by atoms with Gasteiger partial charge < -0.3 is 34.3 Å². The minimum atomic E-state index is -1.71. The molecule has 0 aromatic heterocycles. The average molecular weight is 559 g/mol. The van der Waals surface area contributed by atoms with Crippen LogP contribution in [0.5, 0.6) is 0 Å². The third kappa shape index (κ3) is 5.63. The third-order valence-corrected chi connectivity index (χ3v) is 9.54. The summed E-state index contributed by atoms with van der Waals surface area (Å²) in [4.78, 5) is 13.9. The number of aliphatic hydroxyl groups excluding tert-OH is 2. The molecule has 1 aliphatic carbocycles. The molecule has 5 aliphatic rings. The first kappa shape index (κ1) is 29.7. The Kier molecular flexibility index (Phi) is 8.77. The Morgan fingerprint density at radius 2 is 1.98 bits per heavy atom. The van der Waals surface area contributed by atoms with Crippen LogP contribution in [0, 0.1) is 17.8 Å². The minimum absolute atomic E-state index is 0.0587. The molecular formula is C32H46O8. The van der Waals surface area contributed by atoms with E-state index in [0.717, 1.165) is 19.3 Å². The second-order valence-corrected chi connectivity index (χ2v) is 12.6. The fraction of sp³-hybridized carbons (Fsp3) is 0.719. The van der Waals surface area contributed by atoms with E-state index in [1.54, 1.807) is 13.0 Å². The van der Waals surface area contributed by atoms with Crippen LogP contribution in [0.15, 0.2) is 47.1 Å². The maximum Gasteiger partial charge on any atom is 0.316 e. The Balaban J connectivity index is 1.50. The fourth-order valence-corrected chi connectivity index (χ4v) is 7.30. The molecule has 10 atom stereocenters. The zero-order valence-electron chi connectivity index (χ0n) is 24.3. The molecular weight excluding hydrogens is 512 g/mol. The van der Waals surface area contributed by atoms with Crippen LogP contribution in [0.1, 0.15) is 72.6 Å². The van der Waals surface area contributed by atoms with Crippen molar-refractivity contribution in [2.45, 2.75) is 115 Å². The maximum atomic E-state index is 13.9. The Bertz CT molecular complexity index is 1080. The van der Waals surface area contributed by atoms with Gasteiger partial charge in [-0.1, -0.05) is 49.8 Å². The molecule has 0 radical (unpaired) electrons. The number of allylic oxidation sites excluding steroid dienone is 4. The van der Waals surface area contributed by atoms with E-state index in [9.17, 15) is 20.1 Å². The minimum Gasteiger partial charge on any atom is -0.462 e. The number of fused-ring (bicyclic) bond motifs is 2. The molecule has 10 unspecified atom stereocenters. The number of carbonyl (C=O) groups is 1. The monoisotopic (exact) mass is 558 g/mol. The lowest BCUT2D eigenvalue weighted by atomic mass is 9.71. The molecule has 3 N–H and O–H groups in total. The summed E-state index contributed by atoms with van der Waals surface area (Å²) >= 11 is 0. The molecule has 8 nitrogen and oxygen atoms in total. The van der Waals surface area contributed by atoms with Gasteiger partial charge in [0.25, 0.3) is 0 Å². The second kappa shape index (κ2) is 11.8. The standard InChI is InChI=1S/C32H46O8/c1-5-27-22(17-33)11-12-31(40-27)16-25-15-24(39-31)10-9-20(3)13-19(2)7-6-8-23-18-37-29-28(34)21(4)14-26(30(35)38-25)32(23,29)36/h6-9,14,19,22,24-29,33-34,36H,5,10-13,15-18H2,1-4H3. The zero-order valence-corrected chi connectivity index (χ0v) is 24.3. The average Bonchev–Trinajstić information content (AvgIpc) is 3.25. The third-order valence-electron chi connectivity index (χ3n) is 9.54. The Morgan fingerprint density at radius 3 is 2.73 bits per heavy atom. The van der Waals surface area contributed by atoms with Gasteiger partial charge in [0.05, 0.1) is 18.8 Å². The number of hydrogen-bond acceptors (Lipinski definition) is 8. The van der Waals surface area contributed by atoms with Crippen molar-refractivity contribution >= 4 is 5.97 Å². The SMILES string of the molecule is CCC1OC2(CCC1CO)CC1CC(CC=C(C)CC(C)C=CC=C3COC4C(O)C(C)=CC(C(=O)O1)C34O)O2. The highest BCUT2D eigenvalue weighted by Gasteiger charge is 2.60. The van der Waals surface area contributed by atoms with E-state index in [1.165, 1.54) is 5.57 Å². The molecule has 40 heavy (non-hydrogen) atoms. The Labute approximate surface area is 237 Å². The van der Waals surface area contributed by atoms with Gasteiger partial charge in [0.1, 0.15) is 29.8 Å². The van der Waals surface area contributed by atoms with Crippen LogP contribution in [0.4, 0.5) is 0 Å². The molecule has 0 aromatic carbocycles. The van der Waals surface area contributed by atoms with E-state index in [2.05, 4.69) is 26.0 Å². The van der Waals surface area contributed by atoms with E-state index >= 15 is 0 Å². The van der Waals surface area contributed by atoms with Crippen LogP contribution < -0.4 is 0 Å². The summed E-state index contributed by atoms with van der Waals surface area (Å²) < 4.78 is 25.3. The zero-order chi connectivity index (χ0) is 28.7. The summed E-state index contributed by atoms with van der Waals surface area (Å²) in [6.07, 6.45) is 11.5. The largest absolute Gasteiger partial charge is 0.462 e. The van der Waals surface area contributed by atoms with Gasteiger partial charge in [-0.2, -0.15) is 0 Å². The van der Waals surface area contributed by atoms with Crippen molar-refractivity contribution in [3.63, 3.8) is 0 Å². The predicted molar refractivity (Wildman–Crippen MR) is 149 cm³/mol. The molecule has 0 saturated carbocycles. The number of hydrogen-bond donors (Lipinski definition) is 3. The molecule has 3 saturated heterocycles. The maximum absolute atomic E-state index is 13.9. The number of esters is 1. The number of aliphatic hydroxyl groups is 3. The smallest absolute Gasteiger partial charge is 0.316 e. The number of carbonyl (C=O) groups excluding carboxylic acids is 1. The molecule has 2 bridgehead atoms. The molecule has 1 spiro atoms. The molecule has 4 aliphatic heterocycles. The second-order valence-electron chi connectivity index (χ2n) is 12.6. The fourth-order valence-electron chi connectivity index (χ4n) is 7.30.